The Morgan fingerprint density at radius 1 is 1.16 bits per heavy atom. The summed E-state index contributed by atoms with van der Waals surface area (Å²) in [7, 11) is -3.18. The van der Waals surface area contributed by atoms with Gasteiger partial charge in [-0.15, -0.1) is 0 Å². The van der Waals surface area contributed by atoms with Crippen molar-refractivity contribution < 1.29 is 22.3 Å². The zero-order valence-corrected chi connectivity index (χ0v) is 19.1. The maximum absolute atomic E-state index is 14.1. The minimum absolute atomic E-state index is 0.0166. The second-order valence-corrected chi connectivity index (χ2v) is 10.6. The highest BCUT2D eigenvalue weighted by Gasteiger charge is 2.37. The van der Waals surface area contributed by atoms with Gasteiger partial charge in [-0.25, -0.2) is 12.8 Å². The van der Waals surface area contributed by atoms with Gasteiger partial charge in [0.2, 0.25) is 0 Å². The van der Waals surface area contributed by atoms with Crippen LogP contribution in [0.15, 0.2) is 48.5 Å². The molecular formula is C24H30FNO4S. The average Bonchev–Trinajstić information content (AvgIpc) is 3.10. The summed E-state index contributed by atoms with van der Waals surface area (Å²) in [5.74, 6) is -0.431. The zero-order valence-electron chi connectivity index (χ0n) is 18.3. The molecule has 2 aromatic rings. The Morgan fingerprint density at radius 2 is 1.84 bits per heavy atom. The highest BCUT2D eigenvalue weighted by molar-refractivity contribution is 7.91. The molecule has 0 spiro atoms. The van der Waals surface area contributed by atoms with E-state index in [2.05, 4.69) is 13.8 Å². The predicted octanol–water partition coefficient (Wildman–Crippen LogP) is 4.32. The van der Waals surface area contributed by atoms with E-state index in [9.17, 15) is 17.6 Å². The number of sulfone groups is 1. The fourth-order valence-electron chi connectivity index (χ4n) is 3.80. The molecule has 168 valence electrons. The quantitative estimate of drug-likeness (QED) is 0.605. The third kappa shape index (κ3) is 5.85. The molecule has 5 nitrogen and oxygen atoms in total. The van der Waals surface area contributed by atoms with Crippen molar-refractivity contribution in [3.05, 3.63) is 65.5 Å². The van der Waals surface area contributed by atoms with Crippen LogP contribution in [0.3, 0.4) is 0 Å². The Kier molecular flexibility index (Phi) is 7.36. The second kappa shape index (κ2) is 9.81. The molecule has 1 fully saturated rings. The van der Waals surface area contributed by atoms with Gasteiger partial charge in [-0.05, 0) is 42.0 Å². The van der Waals surface area contributed by atoms with E-state index in [4.69, 9.17) is 4.74 Å². The fourth-order valence-corrected chi connectivity index (χ4v) is 5.53. The van der Waals surface area contributed by atoms with Crippen molar-refractivity contribution in [1.82, 2.24) is 4.90 Å². The van der Waals surface area contributed by atoms with Crippen LogP contribution in [0.4, 0.5) is 4.39 Å². The van der Waals surface area contributed by atoms with E-state index in [1.54, 1.807) is 24.0 Å². The topological polar surface area (TPSA) is 63.7 Å². The molecule has 1 aliphatic heterocycles. The number of carbonyl (C=O) groups is 1. The molecule has 0 N–H and O–H groups in total. The van der Waals surface area contributed by atoms with Crippen molar-refractivity contribution >= 4 is 15.7 Å². The van der Waals surface area contributed by atoms with Gasteiger partial charge in [0, 0.05) is 12.6 Å². The van der Waals surface area contributed by atoms with Gasteiger partial charge < -0.3 is 9.64 Å². The number of ether oxygens (including phenoxy) is 1. The van der Waals surface area contributed by atoms with Crippen LogP contribution in [0.5, 0.6) is 5.75 Å². The Hall–Kier alpha value is -2.41. The maximum atomic E-state index is 14.1. The Bertz CT molecular complexity index is 1000. The first kappa shape index (κ1) is 23.3. The van der Waals surface area contributed by atoms with Gasteiger partial charge >= 0.3 is 0 Å². The number of nitrogens with zero attached hydrogens (tertiary/aromatic N) is 1. The lowest BCUT2D eigenvalue weighted by atomic mass is 10.0. The molecule has 0 radical (unpaired) electrons. The summed E-state index contributed by atoms with van der Waals surface area (Å²) in [6.07, 6.45) is -0.154. The second-order valence-electron chi connectivity index (χ2n) is 8.36. The summed E-state index contributed by atoms with van der Waals surface area (Å²) in [6, 6.07) is 13.6. The Morgan fingerprint density at radius 3 is 2.39 bits per heavy atom. The zero-order chi connectivity index (χ0) is 22.6. The number of rotatable bonds is 8. The number of carbonyl (C=O) groups excluding carboxylic acids is 1. The number of halogens is 1. The van der Waals surface area contributed by atoms with Crippen molar-refractivity contribution in [2.24, 2.45) is 0 Å². The first-order chi connectivity index (χ1) is 14.7. The smallest absolute Gasteiger partial charge is 0.264 e. The minimum atomic E-state index is -3.18. The summed E-state index contributed by atoms with van der Waals surface area (Å²) in [5.41, 5.74) is 2.11. The number of para-hydroxylation sites is 1. The first-order valence-electron chi connectivity index (χ1n) is 10.7. The molecule has 1 aliphatic rings. The lowest BCUT2D eigenvalue weighted by Crippen LogP contribution is -2.47. The van der Waals surface area contributed by atoms with Gasteiger partial charge in [0.15, 0.2) is 27.5 Å². The number of benzene rings is 2. The molecule has 2 aromatic carbocycles. The normalized spacial score (nSPS) is 18.7. The van der Waals surface area contributed by atoms with Crippen molar-refractivity contribution in [2.75, 3.05) is 11.5 Å². The molecule has 0 saturated carbocycles. The third-order valence-corrected chi connectivity index (χ3v) is 7.43. The van der Waals surface area contributed by atoms with Crippen LogP contribution in [-0.2, 0) is 21.2 Å². The van der Waals surface area contributed by atoms with Gasteiger partial charge in [0.1, 0.15) is 0 Å². The van der Waals surface area contributed by atoms with Crippen LogP contribution in [0.1, 0.15) is 50.7 Å². The van der Waals surface area contributed by atoms with E-state index in [1.807, 2.05) is 24.3 Å². The van der Waals surface area contributed by atoms with Crippen molar-refractivity contribution in [1.29, 1.82) is 0 Å². The Balaban J connectivity index is 1.85. The summed E-state index contributed by atoms with van der Waals surface area (Å²) in [6.45, 7) is 6.30. The van der Waals surface area contributed by atoms with Crippen molar-refractivity contribution in [3.63, 3.8) is 0 Å². The molecule has 0 aromatic heterocycles. The largest absolute Gasteiger partial charge is 0.478 e. The molecule has 1 amide bonds. The van der Waals surface area contributed by atoms with Crippen LogP contribution in [0.2, 0.25) is 0 Å². The molecule has 2 atom stereocenters. The van der Waals surface area contributed by atoms with E-state index >= 15 is 0 Å². The van der Waals surface area contributed by atoms with Gasteiger partial charge in [-0.3, -0.25) is 4.79 Å². The van der Waals surface area contributed by atoms with E-state index in [1.165, 1.54) is 17.7 Å². The van der Waals surface area contributed by atoms with Crippen molar-refractivity contribution in [3.8, 4) is 5.75 Å². The van der Waals surface area contributed by atoms with Crippen LogP contribution < -0.4 is 4.74 Å². The maximum Gasteiger partial charge on any atom is 0.264 e. The van der Waals surface area contributed by atoms with Crippen LogP contribution in [-0.4, -0.2) is 42.9 Å². The molecule has 7 heteroatoms. The summed E-state index contributed by atoms with van der Waals surface area (Å²) in [5, 5.41) is 0. The number of hydrogen-bond donors (Lipinski definition) is 0. The monoisotopic (exact) mass is 447 g/mol. The van der Waals surface area contributed by atoms with Crippen LogP contribution in [0.25, 0.3) is 0 Å². The molecule has 1 heterocycles. The van der Waals surface area contributed by atoms with Gasteiger partial charge in [-0.2, -0.15) is 0 Å². The highest BCUT2D eigenvalue weighted by atomic mass is 32.2. The van der Waals surface area contributed by atoms with Crippen molar-refractivity contribution in [2.45, 2.75) is 58.2 Å². The van der Waals surface area contributed by atoms with Gasteiger partial charge in [0.25, 0.3) is 5.91 Å². The minimum Gasteiger partial charge on any atom is -0.478 e. The lowest BCUT2D eigenvalue weighted by Gasteiger charge is -2.32. The fraction of sp³-hybridized carbons (Fsp3) is 0.458. The molecule has 2 unspecified atom stereocenters. The molecule has 3 rings (SSSR count). The van der Waals surface area contributed by atoms with Crippen LogP contribution in [0, 0.1) is 5.82 Å². The van der Waals surface area contributed by atoms with Gasteiger partial charge in [-0.1, -0.05) is 57.2 Å². The SMILES string of the molecule is CCC(Oc1ccccc1F)C(=O)N(Cc1ccc(C(C)C)cc1)C1CCS(=O)(=O)C1. The highest BCUT2D eigenvalue weighted by Crippen LogP contribution is 2.25. The molecule has 0 aliphatic carbocycles. The number of amides is 1. The molecule has 0 bridgehead atoms. The molecular weight excluding hydrogens is 417 g/mol. The van der Waals surface area contributed by atoms with Gasteiger partial charge in [0.05, 0.1) is 11.5 Å². The lowest BCUT2D eigenvalue weighted by molar-refractivity contribution is -0.141. The average molecular weight is 448 g/mol. The predicted molar refractivity (Wildman–Crippen MR) is 119 cm³/mol. The summed E-state index contributed by atoms with van der Waals surface area (Å²) >= 11 is 0. The first-order valence-corrected chi connectivity index (χ1v) is 12.5. The Labute approximate surface area is 184 Å². The van der Waals surface area contributed by atoms with E-state index < -0.39 is 27.8 Å². The summed E-state index contributed by atoms with van der Waals surface area (Å²) < 4.78 is 44.0. The van der Waals surface area contributed by atoms with Crippen LogP contribution >= 0.6 is 0 Å². The van der Waals surface area contributed by atoms with E-state index in [0.717, 1.165) is 5.56 Å². The third-order valence-electron chi connectivity index (χ3n) is 5.68. The summed E-state index contributed by atoms with van der Waals surface area (Å²) in [4.78, 5) is 15.1. The van der Waals surface area contributed by atoms with E-state index in [0.29, 0.717) is 18.8 Å². The molecule has 1 saturated heterocycles. The van der Waals surface area contributed by atoms with E-state index in [-0.39, 0.29) is 29.7 Å². The standard InChI is InChI=1S/C24H30FNO4S/c1-4-22(30-23-8-6-5-7-21(23)25)24(27)26(20-13-14-31(28,29)16-20)15-18-9-11-19(12-10-18)17(2)3/h5-12,17,20,22H,4,13-16H2,1-3H3. The molecule has 31 heavy (non-hydrogen) atoms. The number of hydrogen-bond acceptors (Lipinski definition) is 4.